The summed E-state index contributed by atoms with van der Waals surface area (Å²) in [5.41, 5.74) is 0. The van der Waals surface area contributed by atoms with Crippen molar-refractivity contribution in [2.75, 3.05) is 13.6 Å². The Hall–Kier alpha value is -1.19. The van der Waals surface area contributed by atoms with E-state index in [0.717, 1.165) is 0 Å². The van der Waals surface area contributed by atoms with Gasteiger partial charge in [-0.3, -0.25) is 14.8 Å². The molecule has 50 valence electrons. The number of carbonyl (C=O) groups is 1. The van der Waals surface area contributed by atoms with E-state index in [1.54, 1.807) is 7.05 Å². The number of hydrogen-bond acceptors (Lipinski definition) is 2. The van der Waals surface area contributed by atoms with Gasteiger partial charge in [-0.2, -0.15) is 0 Å². The van der Waals surface area contributed by atoms with Crippen LogP contribution in [0.1, 0.15) is 0 Å². The number of carbonyl (C=O) groups excluding carboxylic acids is 1. The van der Waals surface area contributed by atoms with Crippen LogP contribution in [-0.4, -0.2) is 32.6 Å². The monoisotopic (exact) mass is 127 g/mol. The fourth-order valence-corrected chi connectivity index (χ4v) is 0.261. The average molecular weight is 127 g/mol. The van der Waals surface area contributed by atoms with Crippen molar-refractivity contribution in [3.05, 3.63) is 0 Å². The standard InChI is InChI=1S/C5H9N3O/c1-6-4-8-3-5(9)7-2/h4H,1,3H2,2H3,(H,7,9). The molecule has 1 amide bonds. The lowest BCUT2D eigenvalue weighted by atomic mass is 10.6. The molecule has 0 rings (SSSR count). The molecule has 0 spiro atoms. The van der Waals surface area contributed by atoms with Crippen LogP contribution in [0, 0.1) is 0 Å². The summed E-state index contributed by atoms with van der Waals surface area (Å²) in [6.07, 6.45) is 1.25. The molecule has 4 heteroatoms. The zero-order valence-corrected chi connectivity index (χ0v) is 5.29. The van der Waals surface area contributed by atoms with Gasteiger partial charge in [-0.1, -0.05) is 0 Å². The Bertz CT molecular complexity index is 130. The van der Waals surface area contributed by atoms with Crippen molar-refractivity contribution in [1.29, 1.82) is 0 Å². The van der Waals surface area contributed by atoms with Crippen LogP contribution in [-0.2, 0) is 4.79 Å². The van der Waals surface area contributed by atoms with E-state index >= 15 is 0 Å². The van der Waals surface area contributed by atoms with Crippen LogP contribution in [0.15, 0.2) is 9.98 Å². The topological polar surface area (TPSA) is 53.8 Å². The van der Waals surface area contributed by atoms with E-state index in [9.17, 15) is 4.79 Å². The highest BCUT2D eigenvalue weighted by atomic mass is 16.1. The van der Waals surface area contributed by atoms with Crippen LogP contribution in [0.5, 0.6) is 0 Å². The van der Waals surface area contributed by atoms with E-state index in [1.807, 2.05) is 0 Å². The van der Waals surface area contributed by atoms with Crippen LogP contribution in [0.4, 0.5) is 0 Å². The molecule has 0 aliphatic carbocycles. The van der Waals surface area contributed by atoms with Crippen molar-refractivity contribution in [3.63, 3.8) is 0 Å². The summed E-state index contributed by atoms with van der Waals surface area (Å²) in [6, 6.07) is 0. The second kappa shape index (κ2) is 4.96. The lowest BCUT2D eigenvalue weighted by Gasteiger charge is -1.89. The average Bonchev–Trinajstić information content (AvgIpc) is 1.89. The second-order valence-corrected chi connectivity index (χ2v) is 1.31. The van der Waals surface area contributed by atoms with Gasteiger partial charge < -0.3 is 5.32 Å². The van der Waals surface area contributed by atoms with Gasteiger partial charge in [0.25, 0.3) is 0 Å². The van der Waals surface area contributed by atoms with E-state index in [2.05, 4.69) is 22.0 Å². The molecule has 0 unspecified atom stereocenters. The summed E-state index contributed by atoms with van der Waals surface area (Å²) in [4.78, 5) is 17.3. The van der Waals surface area contributed by atoms with Crippen LogP contribution in [0.2, 0.25) is 0 Å². The summed E-state index contributed by atoms with van der Waals surface area (Å²) in [5.74, 6) is -0.130. The van der Waals surface area contributed by atoms with E-state index in [1.165, 1.54) is 6.34 Å². The molecular weight excluding hydrogens is 118 g/mol. The minimum Gasteiger partial charge on any atom is -0.358 e. The highest BCUT2D eigenvalue weighted by Crippen LogP contribution is 1.67. The summed E-state index contributed by atoms with van der Waals surface area (Å²) in [6.45, 7) is 3.27. The zero-order valence-electron chi connectivity index (χ0n) is 5.29. The lowest BCUT2D eigenvalue weighted by molar-refractivity contribution is -0.119. The summed E-state index contributed by atoms with van der Waals surface area (Å²) >= 11 is 0. The van der Waals surface area contributed by atoms with Gasteiger partial charge in [0, 0.05) is 7.05 Å². The normalized spacial score (nSPS) is 9.44. The van der Waals surface area contributed by atoms with Gasteiger partial charge in [0.15, 0.2) is 0 Å². The van der Waals surface area contributed by atoms with Crippen molar-refractivity contribution in [2.24, 2.45) is 9.98 Å². The van der Waals surface area contributed by atoms with Crippen LogP contribution in [0.3, 0.4) is 0 Å². The van der Waals surface area contributed by atoms with Crippen molar-refractivity contribution >= 4 is 19.0 Å². The third-order valence-electron chi connectivity index (χ3n) is 0.677. The summed E-state index contributed by atoms with van der Waals surface area (Å²) < 4.78 is 0. The van der Waals surface area contributed by atoms with Gasteiger partial charge in [0.2, 0.25) is 5.91 Å². The molecule has 0 saturated carbocycles. The molecule has 1 N–H and O–H groups in total. The van der Waals surface area contributed by atoms with Crippen molar-refractivity contribution in [1.82, 2.24) is 5.32 Å². The van der Waals surface area contributed by atoms with E-state index < -0.39 is 0 Å². The van der Waals surface area contributed by atoms with Gasteiger partial charge in [0.1, 0.15) is 12.9 Å². The Labute approximate surface area is 53.7 Å². The summed E-state index contributed by atoms with van der Waals surface area (Å²) in [5, 5.41) is 2.41. The molecule has 0 aromatic rings. The third kappa shape index (κ3) is 4.67. The Morgan fingerprint density at radius 1 is 1.89 bits per heavy atom. The number of rotatable bonds is 3. The Morgan fingerprint density at radius 3 is 3.00 bits per heavy atom. The fourth-order valence-electron chi connectivity index (χ4n) is 0.261. The number of nitrogens with zero attached hydrogens (tertiary/aromatic N) is 2. The van der Waals surface area contributed by atoms with Gasteiger partial charge >= 0.3 is 0 Å². The highest BCUT2D eigenvalue weighted by molar-refractivity contribution is 5.79. The van der Waals surface area contributed by atoms with Gasteiger partial charge in [-0.05, 0) is 6.72 Å². The van der Waals surface area contributed by atoms with Crippen LogP contribution in [0.25, 0.3) is 0 Å². The number of nitrogens with one attached hydrogen (secondary N) is 1. The smallest absolute Gasteiger partial charge is 0.241 e. The first-order valence-corrected chi connectivity index (χ1v) is 2.46. The Morgan fingerprint density at radius 2 is 2.56 bits per heavy atom. The molecule has 0 atom stereocenters. The minimum atomic E-state index is -0.130. The fraction of sp³-hybridized carbons (Fsp3) is 0.400. The molecule has 0 saturated heterocycles. The molecule has 0 aromatic heterocycles. The van der Waals surface area contributed by atoms with Gasteiger partial charge in [-0.15, -0.1) is 0 Å². The molecule has 0 bridgehead atoms. The highest BCUT2D eigenvalue weighted by Gasteiger charge is 1.89. The first kappa shape index (κ1) is 7.81. The van der Waals surface area contributed by atoms with Crippen LogP contribution >= 0.6 is 0 Å². The Kier molecular flexibility index (Phi) is 4.30. The maximum Gasteiger partial charge on any atom is 0.241 e. The number of likely N-dealkylation sites (N-methyl/N-ethyl adjacent to an activating group) is 1. The first-order valence-electron chi connectivity index (χ1n) is 2.46. The first-order chi connectivity index (χ1) is 4.31. The number of amides is 1. The molecule has 4 nitrogen and oxygen atoms in total. The molecule has 0 heterocycles. The maximum atomic E-state index is 10.4. The lowest BCUT2D eigenvalue weighted by Crippen LogP contribution is -2.20. The second-order valence-electron chi connectivity index (χ2n) is 1.31. The molecule has 0 radical (unpaired) electrons. The third-order valence-corrected chi connectivity index (χ3v) is 0.677. The van der Waals surface area contributed by atoms with E-state index in [4.69, 9.17) is 0 Å². The predicted molar refractivity (Wildman–Crippen MR) is 37.0 cm³/mol. The predicted octanol–water partition coefficient (Wildman–Crippen LogP) is -0.539. The summed E-state index contributed by atoms with van der Waals surface area (Å²) in [7, 11) is 1.55. The Balaban J connectivity index is 3.37. The molecule has 0 aliphatic rings. The minimum absolute atomic E-state index is 0.121. The van der Waals surface area contributed by atoms with Crippen molar-refractivity contribution < 1.29 is 4.79 Å². The van der Waals surface area contributed by atoms with Gasteiger partial charge in [0.05, 0.1) is 0 Å². The van der Waals surface area contributed by atoms with E-state index in [0.29, 0.717) is 0 Å². The van der Waals surface area contributed by atoms with E-state index in [-0.39, 0.29) is 12.5 Å². The molecule has 0 aliphatic heterocycles. The molecule has 9 heavy (non-hydrogen) atoms. The number of hydrogen-bond donors (Lipinski definition) is 1. The zero-order chi connectivity index (χ0) is 7.11. The SMILES string of the molecule is C=NC=NCC(=O)NC. The quantitative estimate of drug-likeness (QED) is 0.402. The molecule has 0 fully saturated rings. The van der Waals surface area contributed by atoms with Crippen molar-refractivity contribution in [3.8, 4) is 0 Å². The van der Waals surface area contributed by atoms with Crippen molar-refractivity contribution in [2.45, 2.75) is 0 Å². The maximum absolute atomic E-state index is 10.4. The van der Waals surface area contributed by atoms with Crippen LogP contribution < -0.4 is 5.32 Å². The molecular formula is C5H9N3O. The molecule has 0 aromatic carbocycles. The largest absolute Gasteiger partial charge is 0.358 e. The number of aliphatic imine (C=N–C) groups is 2. The van der Waals surface area contributed by atoms with Gasteiger partial charge in [-0.25, -0.2) is 0 Å².